The standard InChI is InChI=1S/C26H26F5NO5S2.CH4/c1-2-3-4-17-13-18-19-14-37-24-21(28)10-9-20(27)23(24)25(19,12-11-22(18)32-39(17,35)36)38(33,34)16-7-5-15(6-8-16)26(29,30)31;/h2-3,5-10,17-19,22,32H,4,11-14H2,1H3;1H4/b3-2+;/t17-,18+,19+,22-,25+;/m1./s1. The molecule has 2 fully saturated rings. The second-order valence-electron chi connectivity index (χ2n) is 10.2. The van der Waals surface area contributed by atoms with Crippen molar-refractivity contribution in [2.45, 2.75) is 67.1 Å². The number of benzene rings is 2. The maximum Gasteiger partial charge on any atom is 0.416 e. The smallest absolute Gasteiger partial charge is 0.416 e. The molecule has 6 nitrogen and oxygen atoms in total. The molecule has 0 radical (unpaired) electrons. The number of ether oxygens (including phenoxy) is 1. The van der Waals surface area contributed by atoms with Crippen molar-refractivity contribution < 1.29 is 43.5 Å². The third kappa shape index (κ3) is 4.63. The third-order valence-electron chi connectivity index (χ3n) is 8.24. The van der Waals surface area contributed by atoms with E-state index in [0.717, 1.165) is 24.3 Å². The van der Waals surface area contributed by atoms with Crippen LogP contribution in [-0.4, -0.2) is 34.7 Å². The van der Waals surface area contributed by atoms with E-state index in [1.807, 2.05) is 0 Å². The number of hydrogen-bond donors (Lipinski definition) is 1. The molecule has 2 aliphatic heterocycles. The summed E-state index contributed by atoms with van der Waals surface area (Å²) in [7, 11) is -8.40. The van der Waals surface area contributed by atoms with Crippen LogP contribution in [0.4, 0.5) is 22.0 Å². The van der Waals surface area contributed by atoms with E-state index >= 15 is 4.39 Å². The molecule has 0 spiro atoms. The van der Waals surface area contributed by atoms with Gasteiger partial charge in [0.2, 0.25) is 10.0 Å². The van der Waals surface area contributed by atoms with E-state index in [9.17, 15) is 34.4 Å². The summed E-state index contributed by atoms with van der Waals surface area (Å²) in [6.07, 6.45) is -1.41. The van der Waals surface area contributed by atoms with Gasteiger partial charge in [-0.3, -0.25) is 0 Å². The van der Waals surface area contributed by atoms with Crippen LogP contribution in [0.1, 0.15) is 51.2 Å². The summed E-state index contributed by atoms with van der Waals surface area (Å²) in [6.45, 7) is 1.39. The van der Waals surface area contributed by atoms with Gasteiger partial charge in [0.15, 0.2) is 21.4 Å². The first-order valence-electron chi connectivity index (χ1n) is 12.4. The molecule has 220 valence electrons. The predicted molar refractivity (Wildman–Crippen MR) is 139 cm³/mol. The van der Waals surface area contributed by atoms with Gasteiger partial charge in [0, 0.05) is 12.0 Å². The molecule has 0 aromatic heterocycles. The van der Waals surface area contributed by atoms with Gasteiger partial charge in [-0.2, -0.15) is 13.2 Å². The molecule has 2 aromatic carbocycles. The number of nitrogens with one attached hydrogen (secondary N) is 1. The average Bonchev–Trinajstić information content (AvgIpc) is 2.88. The zero-order valence-corrected chi connectivity index (χ0v) is 22.3. The monoisotopic (exact) mass is 607 g/mol. The Morgan fingerprint density at radius 3 is 2.38 bits per heavy atom. The van der Waals surface area contributed by atoms with Crippen molar-refractivity contribution in [3.05, 3.63) is 71.3 Å². The highest BCUT2D eigenvalue weighted by molar-refractivity contribution is 7.92. The van der Waals surface area contributed by atoms with E-state index in [4.69, 9.17) is 4.74 Å². The minimum atomic E-state index is -4.71. The van der Waals surface area contributed by atoms with Crippen molar-refractivity contribution in [3.63, 3.8) is 0 Å². The molecule has 0 amide bonds. The maximum atomic E-state index is 15.5. The molecule has 2 aromatic rings. The molecule has 40 heavy (non-hydrogen) atoms. The molecule has 2 heterocycles. The second-order valence-corrected chi connectivity index (χ2v) is 14.4. The molecule has 5 atom stereocenters. The van der Waals surface area contributed by atoms with Crippen molar-refractivity contribution in [2.75, 3.05) is 6.61 Å². The highest BCUT2D eigenvalue weighted by Gasteiger charge is 2.64. The lowest BCUT2D eigenvalue weighted by atomic mass is 9.64. The van der Waals surface area contributed by atoms with Crippen molar-refractivity contribution in [1.29, 1.82) is 0 Å². The van der Waals surface area contributed by atoms with Crippen LogP contribution in [0.3, 0.4) is 0 Å². The average molecular weight is 608 g/mol. The molecule has 13 heteroatoms. The first kappa shape index (κ1) is 30.4. The Bertz CT molecular complexity index is 1520. The highest BCUT2D eigenvalue weighted by Crippen LogP contribution is 2.59. The van der Waals surface area contributed by atoms with Gasteiger partial charge in [-0.25, -0.2) is 30.3 Å². The summed E-state index contributed by atoms with van der Waals surface area (Å²) >= 11 is 0. The van der Waals surface area contributed by atoms with E-state index in [1.54, 1.807) is 19.1 Å². The van der Waals surface area contributed by atoms with Crippen LogP contribution in [0.15, 0.2) is 53.4 Å². The first-order valence-corrected chi connectivity index (χ1v) is 15.4. The molecule has 1 saturated carbocycles. The fourth-order valence-electron chi connectivity index (χ4n) is 6.43. The Hall–Kier alpha value is -2.51. The second kappa shape index (κ2) is 10.4. The first-order chi connectivity index (χ1) is 18.2. The fourth-order valence-corrected chi connectivity index (χ4v) is 10.6. The Morgan fingerprint density at radius 1 is 1.10 bits per heavy atom. The van der Waals surface area contributed by atoms with Crippen LogP contribution in [0.5, 0.6) is 5.75 Å². The van der Waals surface area contributed by atoms with Gasteiger partial charge in [0.05, 0.1) is 27.9 Å². The number of rotatable bonds is 4. The van der Waals surface area contributed by atoms with Gasteiger partial charge in [-0.05, 0) is 74.9 Å². The fraction of sp³-hybridized carbons (Fsp3) is 0.481. The maximum absolute atomic E-state index is 15.5. The number of sulfone groups is 1. The molecule has 1 saturated heterocycles. The molecule has 0 unspecified atom stereocenters. The number of hydrogen-bond acceptors (Lipinski definition) is 5. The zero-order chi connectivity index (χ0) is 28.4. The van der Waals surface area contributed by atoms with Gasteiger partial charge < -0.3 is 4.74 Å². The molecule has 1 N–H and O–H groups in total. The Balaban J connectivity index is 0.00000370. The highest BCUT2D eigenvalue weighted by atomic mass is 32.2. The van der Waals surface area contributed by atoms with Gasteiger partial charge in [0.25, 0.3) is 0 Å². The number of sulfonamides is 1. The minimum Gasteiger partial charge on any atom is -0.490 e. The number of halogens is 5. The SMILES string of the molecule is C.C/C=C/C[C@@H]1C[C@@H]2[C@@H](CC[C@@]3(S(=O)(=O)c4ccc(C(F)(F)F)cc4)c4c(F)ccc(F)c4OC[C@@H]23)NS1(=O)=O. The van der Waals surface area contributed by atoms with Gasteiger partial charge in [-0.15, -0.1) is 0 Å². The summed E-state index contributed by atoms with van der Waals surface area (Å²) in [4.78, 5) is -0.475. The zero-order valence-electron chi connectivity index (χ0n) is 20.7. The number of allylic oxidation sites excluding steroid dienone is 2. The van der Waals surface area contributed by atoms with Crippen molar-refractivity contribution in [1.82, 2.24) is 4.72 Å². The summed E-state index contributed by atoms with van der Waals surface area (Å²) in [5.41, 5.74) is -1.56. The van der Waals surface area contributed by atoms with Crippen LogP contribution in [-0.2, 0) is 30.8 Å². The van der Waals surface area contributed by atoms with Gasteiger partial charge in [-0.1, -0.05) is 19.6 Å². The van der Waals surface area contributed by atoms with E-state index in [0.29, 0.717) is 12.1 Å². The molecule has 1 aliphatic carbocycles. The lowest BCUT2D eigenvalue weighted by molar-refractivity contribution is -0.137. The molecule has 0 bridgehead atoms. The topological polar surface area (TPSA) is 89.5 Å². The predicted octanol–water partition coefficient (Wildman–Crippen LogP) is 5.73. The summed E-state index contributed by atoms with van der Waals surface area (Å²) in [5.74, 6) is -4.18. The minimum absolute atomic E-state index is 0. The van der Waals surface area contributed by atoms with E-state index in [2.05, 4.69) is 4.72 Å². The molecule has 3 aliphatic rings. The number of alkyl halides is 3. The summed E-state index contributed by atoms with van der Waals surface area (Å²) in [5, 5.41) is -0.890. The van der Waals surface area contributed by atoms with Crippen molar-refractivity contribution in [2.24, 2.45) is 11.8 Å². The van der Waals surface area contributed by atoms with Crippen molar-refractivity contribution >= 4 is 19.9 Å². The Kier molecular flexibility index (Phi) is 7.91. The largest absolute Gasteiger partial charge is 0.490 e. The summed E-state index contributed by atoms with van der Waals surface area (Å²) in [6, 6.07) is 3.86. The molecular formula is C27H30F5NO5S2. The normalized spacial score (nSPS) is 29.4. The van der Waals surface area contributed by atoms with Gasteiger partial charge in [0.1, 0.15) is 10.6 Å². The lowest BCUT2D eigenvalue weighted by Gasteiger charge is -2.54. The van der Waals surface area contributed by atoms with Crippen LogP contribution < -0.4 is 9.46 Å². The van der Waals surface area contributed by atoms with Crippen molar-refractivity contribution in [3.8, 4) is 5.75 Å². The van der Waals surface area contributed by atoms with E-state index in [1.165, 1.54) is 0 Å². The summed E-state index contributed by atoms with van der Waals surface area (Å²) < 4.78 is 131. The Labute approximate surface area is 230 Å². The van der Waals surface area contributed by atoms with E-state index < -0.39 is 87.3 Å². The third-order valence-corrected chi connectivity index (χ3v) is 12.7. The van der Waals surface area contributed by atoms with E-state index in [-0.39, 0.29) is 39.7 Å². The van der Waals surface area contributed by atoms with Gasteiger partial charge >= 0.3 is 6.18 Å². The quantitative estimate of drug-likeness (QED) is 0.354. The Morgan fingerprint density at radius 2 is 1.75 bits per heavy atom. The van der Waals surface area contributed by atoms with Crippen LogP contribution >= 0.6 is 0 Å². The molecule has 5 rings (SSSR count). The van der Waals surface area contributed by atoms with Crippen LogP contribution in [0, 0.1) is 23.5 Å². The van der Waals surface area contributed by atoms with Crippen LogP contribution in [0.2, 0.25) is 0 Å². The van der Waals surface area contributed by atoms with Crippen LogP contribution in [0.25, 0.3) is 0 Å². The lowest BCUT2D eigenvalue weighted by Crippen LogP contribution is -2.63. The number of fused-ring (bicyclic) bond motifs is 5. The molecular weight excluding hydrogens is 577 g/mol.